The quantitative estimate of drug-likeness (QED) is 0.401. The average molecular weight is 471 g/mol. The predicted molar refractivity (Wildman–Crippen MR) is 114 cm³/mol. The van der Waals surface area contributed by atoms with Gasteiger partial charge in [0.05, 0.1) is 20.6 Å². The van der Waals surface area contributed by atoms with Crippen LogP contribution >= 0.6 is 23.2 Å². The molecule has 0 unspecified atom stereocenters. The molecule has 0 spiro atoms. The molecule has 0 amide bonds. The summed E-state index contributed by atoms with van der Waals surface area (Å²) in [5.41, 5.74) is 0.851. The highest BCUT2D eigenvalue weighted by Crippen LogP contribution is 2.44. The zero-order valence-electron chi connectivity index (χ0n) is 16.2. The van der Waals surface area contributed by atoms with Gasteiger partial charge in [-0.1, -0.05) is 23.2 Å². The Bertz CT molecular complexity index is 1170. The number of aromatic hydroxyl groups is 1. The van der Waals surface area contributed by atoms with Crippen molar-refractivity contribution < 1.29 is 18.3 Å². The first-order chi connectivity index (χ1) is 14.1. The van der Waals surface area contributed by atoms with Gasteiger partial charge in [-0.2, -0.15) is 5.10 Å². The highest BCUT2D eigenvalue weighted by atomic mass is 35.5. The van der Waals surface area contributed by atoms with Gasteiger partial charge in [0.1, 0.15) is 5.56 Å². The zero-order chi connectivity index (χ0) is 22.2. The molecule has 2 aromatic rings. The van der Waals surface area contributed by atoms with Gasteiger partial charge < -0.3 is 15.8 Å². The van der Waals surface area contributed by atoms with Gasteiger partial charge in [-0.3, -0.25) is 4.79 Å². The molecule has 0 atom stereocenters. The van der Waals surface area contributed by atoms with Crippen LogP contribution in [0.5, 0.6) is 5.88 Å². The van der Waals surface area contributed by atoms with E-state index in [0.717, 1.165) is 25.3 Å². The molecular weight excluding hydrogens is 451 g/mol. The van der Waals surface area contributed by atoms with E-state index < -0.39 is 15.6 Å². The Hall–Kier alpha value is -2.36. The molecule has 1 aromatic heterocycles. The van der Waals surface area contributed by atoms with Crippen molar-refractivity contribution in [1.82, 2.24) is 15.1 Å². The van der Waals surface area contributed by atoms with E-state index in [-0.39, 0.29) is 50.0 Å². The minimum atomic E-state index is -3.64. The maximum absolute atomic E-state index is 13.3. The number of rotatable bonds is 8. The number of hydrogen-bond donors (Lipinski definition) is 3. The van der Waals surface area contributed by atoms with Gasteiger partial charge >= 0.3 is 0 Å². The summed E-state index contributed by atoms with van der Waals surface area (Å²) in [5, 5.41) is 24.6. The number of nitrogens with zero attached hydrogens (tertiary/aromatic N) is 2. The van der Waals surface area contributed by atoms with E-state index >= 15 is 0 Å². The standard InChI is InChI=1S/C19H20Cl2N4O4S/c1-25-19(27)15(17(24-25)10-3-4-10)18(26)12-5-6-14(30(2,28)29)13(16(12)21)9-23-8-11(20)7-22/h5-8,10,22-23,27H,3-4,9H2,1-2H3/b11-8+,22-7?. The molecule has 1 aromatic carbocycles. The van der Waals surface area contributed by atoms with Gasteiger partial charge in [0.15, 0.2) is 9.84 Å². The van der Waals surface area contributed by atoms with Crippen LogP contribution in [-0.2, 0) is 23.4 Å². The van der Waals surface area contributed by atoms with Gasteiger partial charge in [-0.05, 0) is 25.0 Å². The van der Waals surface area contributed by atoms with Crippen molar-refractivity contribution in [2.45, 2.75) is 30.2 Å². The van der Waals surface area contributed by atoms with Crippen LogP contribution in [0.2, 0.25) is 5.02 Å². The monoisotopic (exact) mass is 470 g/mol. The molecule has 1 aliphatic carbocycles. The second kappa shape index (κ2) is 8.41. The van der Waals surface area contributed by atoms with Crippen LogP contribution in [0.25, 0.3) is 0 Å². The number of benzene rings is 1. The van der Waals surface area contributed by atoms with Crippen molar-refractivity contribution in [3.05, 3.63) is 50.8 Å². The van der Waals surface area contributed by atoms with Crippen LogP contribution in [0.15, 0.2) is 28.3 Å². The molecule has 160 valence electrons. The summed E-state index contributed by atoms with van der Waals surface area (Å²) in [5.74, 6) is -0.674. The third-order valence-electron chi connectivity index (χ3n) is 4.74. The first-order valence-electron chi connectivity index (χ1n) is 8.97. The van der Waals surface area contributed by atoms with Gasteiger partial charge in [-0.25, -0.2) is 13.1 Å². The summed E-state index contributed by atoms with van der Waals surface area (Å²) >= 11 is 12.2. The second-order valence-corrected chi connectivity index (χ2v) is 9.84. The lowest BCUT2D eigenvalue weighted by molar-refractivity contribution is 0.103. The van der Waals surface area contributed by atoms with Gasteiger partial charge in [-0.15, -0.1) is 0 Å². The molecule has 1 fully saturated rings. The van der Waals surface area contributed by atoms with Crippen molar-refractivity contribution >= 4 is 45.0 Å². The number of aryl methyl sites for hydroxylation is 1. The first-order valence-corrected chi connectivity index (χ1v) is 11.6. The number of ketones is 1. The second-order valence-electron chi connectivity index (χ2n) is 7.04. The third-order valence-corrected chi connectivity index (χ3v) is 6.57. The molecule has 1 saturated carbocycles. The average Bonchev–Trinajstić information content (AvgIpc) is 3.47. The molecule has 0 bridgehead atoms. The predicted octanol–water partition coefficient (Wildman–Crippen LogP) is 3.11. The van der Waals surface area contributed by atoms with Crippen LogP contribution in [-0.4, -0.2) is 41.6 Å². The lowest BCUT2D eigenvalue weighted by Gasteiger charge is -2.14. The fourth-order valence-electron chi connectivity index (χ4n) is 3.11. The molecule has 0 radical (unpaired) electrons. The van der Waals surface area contributed by atoms with Crippen LogP contribution < -0.4 is 5.32 Å². The largest absolute Gasteiger partial charge is 0.493 e. The van der Waals surface area contributed by atoms with E-state index in [9.17, 15) is 18.3 Å². The molecule has 8 nitrogen and oxygen atoms in total. The van der Waals surface area contributed by atoms with Crippen LogP contribution in [0.4, 0.5) is 0 Å². The minimum absolute atomic E-state index is 0.0336. The number of aromatic nitrogens is 2. The molecule has 3 rings (SSSR count). The summed E-state index contributed by atoms with van der Waals surface area (Å²) in [4.78, 5) is 13.2. The molecule has 11 heteroatoms. The van der Waals surface area contributed by atoms with Gasteiger partial charge in [0.2, 0.25) is 11.7 Å². The summed E-state index contributed by atoms with van der Waals surface area (Å²) in [6, 6.07) is 2.66. The van der Waals surface area contributed by atoms with Crippen molar-refractivity contribution in [3.63, 3.8) is 0 Å². The number of allylic oxidation sites excluding steroid dienone is 1. The topological polar surface area (TPSA) is 125 Å². The Balaban J connectivity index is 2.09. The molecule has 0 aliphatic heterocycles. The lowest BCUT2D eigenvalue weighted by atomic mass is 9.99. The zero-order valence-corrected chi connectivity index (χ0v) is 18.6. The smallest absolute Gasteiger partial charge is 0.220 e. The fraction of sp³-hybridized carbons (Fsp3) is 0.316. The summed E-state index contributed by atoms with van der Waals surface area (Å²) in [6.45, 7) is -0.0408. The van der Waals surface area contributed by atoms with Crippen molar-refractivity contribution in [3.8, 4) is 5.88 Å². The highest BCUT2D eigenvalue weighted by molar-refractivity contribution is 7.90. The van der Waals surface area contributed by atoms with E-state index in [1.807, 2.05) is 0 Å². The van der Waals surface area contributed by atoms with Gasteiger partial charge in [0, 0.05) is 49.3 Å². The van der Waals surface area contributed by atoms with Crippen molar-refractivity contribution in [2.75, 3.05) is 6.26 Å². The number of sulfone groups is 1. The summed E-state index contributed by atoms with van der Waals surface area (Å²) in [7, 11) is -2.09. The summed E-state index contributed by atoms with van der Waals surface area (Å²) < 4.78 is 25.7. The normalized spacial score (nSPS) is 14.6. The number of nitrogens with one attached hydrogen (secondary N) is 2. The number of carbonyl (C=O) groups excluding carboxylic acids is 1. The van der Waals surface area contributed by atoms with Gasteiger partial charge in [0.25, 0.3) is 0 Å². The van der Waals surface area contributed by atoms with Crippen LogP contribution in [0.3, 0.4) is 0 Å². The maximum Gasteiger partial charge on any atom is 0.220 e. The van der Waals surface area contributed by atoms with E-state index in [1.54, 1.807) is 7.05 Å². The molecule has 1 heterocycles. The van der Waals surface area contributed by atoms with E-state index in [4.69, 9.17) is 28.6 Å². The van der Waals surface area contributed by atoms with Crippen molar-refractivity contribution in [2.24, 2.45) is 7.05 Å². The maximum atomic E-state index is 13.3. The van der Waals surface area contributed by atoms with Crippen LogP contribution in [0.1, 0.15) is 45.9 Å². The molecule has 0 saturated heterocycles. The number of hydrogen-bond acceptors (Lipinski definition) is 7. The minimum Gasteiger partial charge on any atom is -0.493 e. The Morgan fingerprint density at radius 2 is 2.10 bits per heavy atom. The Kier molecular flexibility index (Phi) is 6.26. The SMILES string of the molecule is Cn1nc(C2CC2)c(C(=O)c2ccc(S(C)(=O)=O)c(CN/C=C(/Cl)C=N)c2Cl)c1O. The van der Waals surface area contributed by atoms with E-state index in [2.05, 4.69) is 10.4 Å². The fourth-order valence-corrected chi connectivity index (χ4v) is 4.50. The van der Waals surface area contributed by atoms with E-state index in [0.29, 0.717) is 5.69 Å². The number of carbonyl (C=O) groups is 1. The third kappa shape index (κ3) is 4.38. The highest BCUT2D eigenvalue weighted by Gasteiger charge is 2.35. The van der Waals surface area contributed by atoms with E-state index in [1.165, 1.54) is 23.0 Å². The molecule has 3 N–H and O–H groups in total. The van der Waals surface area contributed by atoms with Crippen molar-refractivity contribution in [1.29, 1.82) is 5.41 Å². The number of halogens is 2. The Morgan fingerprint density at radius 1 is 1.43 bits per heavy atom. The molecule has 30 heavy (non-hydrogen) atoms. The Labute approximate surface area is 183 Å². The molecule has 1 aliphatic rings. The molecular formula is C19H20Cl2N4O4S. The first kappa shape index (κ1) is 22.3. The lowest BCUT2D eigenvalue weighted by Crippen LogP contribution is -2.14. The summed E-state index contributed by atoms with van der Waals surface area (Å²) in [6.07, 6.45) is 5.05. The Morgan fingerprint density at radius 3 is 2.67 bits per heavy atom. The van der Waals surface area contributed by atoms with Crippen LogP contribution in [0, 0.1) is 5.41 Å².